The van der Waals surface area contributed by atoms with Crippen LogP contribution in [-0.2, 0) is 11.4 Å². The molecule has 1 aromatic heterocycles. The maximum absolute atomic E-state index is 12.3. The van der Waals surface area contributed by atoms with E-state index >= 15 is 0 Å². The van der Waals surface area contributed by atoms with Crippen LogP contribution in [0.5, 0.6) is 11.5 Å². The Morgan fingerprint density at radius 3 is 2.78 bits per heavy atom. The van der Waals surface area contributed by atoms with Gasteiger partial charge in [-0.15, -0.1) is 0 Å². The minimum Gasteiger partial charge on any atom is -0.493 e. The van der Waals surface area contributed by atoms with Crippen LogP contribution in [0.4, 0.5) is 5.69 Å². The molecule has 1 aliphatic carbocycles. The Balaban J connectivity index is 1.55. The lowest BCUT2D eigenvalue weighted by Gasteiger charge is -2.21. The molecular weight excluding hydrogens is 340 g/mol. The number of anilines is 1. The molecule has 1 heterocycles. The average Bonchev–Trinajstić information content (AvgIpc) is 2.72. The molecule has 1 saturated carbocycles. The summed E-state index contributed by atoms with van der Waals surface area (Å²) < 4.78 is 11.2. The van der Waals surface area contributed by atoms with Crippen molar-refractivity contribution in [2.45, 2.75) is 51.6 Å². The third-order valence-electron chi connectivity index (χ3n) is 5.07. The third kappa shape index (κ3) is 5.98. The van der Waals surface area contributed by atoms with Gasteiger partial charge in [-0.2, -0.15) is 0 Å². The number of amides is 1. The maximum Gasteiger partial charge on any atom is 0.224 e. The van der Waals surface area contributed by atoms with E-state index in [-0.39, 0.29) is 5.91 Å². The predicted molar refractivity (Wildman–Crippen MR) is 106 cm³/mol. The summed E-state index contributed by atoms with van der Waals surface area (Å²) in [5, 5.41) is 2.98. The molecule has 0 bridgehead atoms. The first-order chi connectivity index (χ1) is 13.2. The summed E-state index contributed by atoms with van der Waals surface area (Å²) in [5.41, 5.74) is 1.70. The normalized spacial score (nSPS) is 14.6. The van der Waals surface area contributed by atoms with Crippen LogP contribution < -0.4 is 14.8 Å². The lowest BCUT2D eigenvalue weighted by atomic mass is 9.86. The maximum atomic E-state index is 12.3. The zero-order valence-corrected chi connectivity index (χ0v) is 15.9. The van der Waals surface area contributed by atoms with Crippen LogP contribution in [0.1, 0.15) is 50.5 Å². The van der Waals surface area contributed by atoms with E-state index in [0.29, 0.717) is 30.4 Å². The van der Waals surface area contributed by atoms with E-state index < -0.39 is 0 Å². The molecule has 1 fully saturated rings. The second-order valence-electron chi connectivity index (χ2n) is 7.11. The lowest BCUT2D eigenvalue weighted by molar-refractivity contribution is -0.116. The fourth-order valence-electron chi connectivity index (χ4n) is 3.55. The SMILES string of the molecule is COc1ccc(NC(=O)CCC2CCCCC2)cc1OCc1cccnc1. The van der Waals surface area contributed by atoms with Crippen molar-refractivity contribution < 1.29 is 14.3 Å². The molecule has 0 atom stereocenters. The number of carbonyl (C=O) groups excluding carboxylic acids is 1. The summed E-state index contributed by atoms with van der Waals surface area (Å²) in [6.45, 7) is 0.392. The molecule has 0 unspecified atom stereocenters. The van der Waals surface area contributed by atoms with Crippen molar-refractivity contribution >= 4 is 11.6 Å². The molecule has 1 N–H and O–H groups in total. The Hall–Kier alpha value is -2.56. The number of rotatable bonds is 8. The summed E-state index contributed by atoms with van der Waals surface area (Å²) >= 11 is 0. The van der Waals surface area contributed by atoms with Crippen molar-refractivity contribution in [3.63, 3.8) is 0 Å². The van der Waals surface area contributed by atoms with Crippen LogP contribution in [0.25, 0.3) is 0 Å². The average molecular weight is 368 g/mol. The number of nitrogens with one attached hydrogen (secondary N) is 1. The number of benzene rings is 1. The van der Waals surface area contributed by atoms with Gasteiger partial charge >= 0.3 is 0 Å². The molecular formula is C22H28N2O3. The molecule has 144 valence electrons. The van der Waals surface area contributed by atoms with Crippen molar-refractivity contribution in [1.82, 2.24) is 4.98 Å². The molecule has 0 aliphatic heterocycles. The second kappa shape index (κ2) is 9.95. The molecule has 0 spiro atoms. The van der Waals surface area contributed by atoms with E-state index in [4.69, 9.17) is 9.47 Å². The van der Waals surface area contributed by atoms with Crippen molar-refractivity contribution in [2.75, 3.05) is 12.4 Å². The molecule has 2 aromatic rings. The molecule has 27 heavy (non-hydrogen) atoms. The number of hydrogen-bond donors (Lipinski definition) is 1. The number of aromatic nitrogens is 1. The molecule has 5 heteroatoms. The van der Waals surface area contributed by atoms with Crippen molar-refractivity contribution in [3.05, 3.63) is 48.3 Å². The molecule has 0 saturated heterocycles. The highest BCUT2D eigenvalue weighted by molar-refractivity contribution is 5.91. The Morgan fingerprint density at radius 2 is 2.04 bits per heavy atom. The Kier molecular flexibility index (Phi) is 7.08. The summed E-state index contributed by atoms with van der Waals surface area (Å²) in [4.78, 5) is 16.4. The summed E-state index contributed by atoms with van der Waals surface area (Å²) in [6, 6.07) is 9.30. The summed E-state index contributed by atoms with van der Waals surface area (Å²) in [7, 11) is 1.61. The monoisotopic (exact) mass is 368 g/mol. The Morgan fingerprint density at radius 1 is 1.19 bits per heavy atom. The van der Waals surface area contributed by atoms with Crippen molar-refractivity contribution in [3.8, 4) is 11.5 Å². The van der Waals surface area contributed by atoms with E-state index in [1.165, 1.54) is 32.1 Å². The van der Waals surface area contributed by atoms with Gasteiger partial charge in [-0.05, 0) is 30.5 Å². The lowest BCUT2D eigenvalue weighted by Crippen LogP contribution is -2.15. The van der Waals surface area contributed by atoms with Crippen LogP contribution in [0.3, 0.4) is 0 Å². The number of hydrogen-bond acceptors (Lipinski definition) is 4. The zero-order valence-electron chi connectivity index (χ0n) is 15.9. The number of ether oxygens (including phenoxy) is 2. The smallest absolute Gasteiger partial charge is 0.224 e. The van der Waals surface area contributed by atoms with Crippen molar-refractivity contribution in [1.29, 1.82) is 0 Å². The van der Waals surface area contributed by atoms with Crippen LogP contribution in [-0.4, -0.2) is 18.0 Å². The molecule has 0 radical (unpaired) electrons. The van der Waals surface area contributed by atoms with Gasteiger partial charge in [0.15, 0.2) is 11.5 Å². The van der Waals surface area contributed by atoms with E-state index in [1.54, 1.807) is 19.5 Å². The van der Waals surface area contributed by atoms with Gasteiger partial charge < -0.3 is 14.8 Å². The third-order valence-corrected chi connectivity index (χ3v) is 5.07. The van der Waals surface area contributed by atoms with Gasteiger partial charge in [-0.1, -0.05) is 38.2 Å². The molecule has 5 nitrogen and oxygen atoms in total. The number of methoxy groups -OCH3 is 1. The standard InChI is InChI=1S/C22H28N2O3/c1-26-20-11-10-19(14-21(20)27-16-18-8-5-13-23-15-18)24-22(25)12-9-17-6-3-2-4-7-17/h5,8,10-11,13-15,17H,2-4,6-7,9,12,16H2,1H3,(H,24,25). The zero-order chi connectivity index (χ0) is 18.9. The van der Waals surface area contributed by atoms with Gasteiger partial charge in [0.25, 0.3) is 0 Å². The highest BCUT2D eigenvalue weighted by Gasteiger charge is 2.15. The Bertz CT molecular complexity index is 728. The van der Waals surface area contributed by atoms with E-state index in [1.807, 2.05) is 30.3 Å². The molecule has 3 rings (SSSR count). The van der Waals surface area contributed by atoms with Gasteiger partial charge in [0.05, 0.1) is 7.11 Å². The first kappa shape index (κ1) is 19.2. The number of nitrogens with zero attached hydrogens (tertiary/aromatic N) is 1. The number of carbonyl (C=O) groups is 1. The van der Waals surface area contributed by atoms with E-state index in [9.17, 15) is 4.79 Å². The van der Waals surface area contributed by atoms with Gasteiger partial charge in [0, 0.05) is 36.1 Å². The van der Waals surface area contributed by atoms with E-state index in [2.05, 4.69) is 10.3 Å². The summed E-state index contributed by atoms with van der Waals surface area (Å²) in [6.07, 6.45) is 11.5. The van der Waals surface area contributed by atoms with Gasteiger partial charge in [0.1, 0.15) is 6.61 Å². The van der Waals surface area contributed by atoms with Crippen LogP contribution in [0.2, 0.25) is 0 Å². The highest BCUT2D eigenvalue weighted by atomic mass is 16.5. The first-order valence-electron chi connectivity index (χ1n) is 9.74. The second-order valence-corrected chi connectivity index (χ2v) is 7.11. The largest absolute Gasteiger partial charge is 0.493 e. The minimum absolute atomic E-state index is 0.0592. The van der Waals surface area contributed by atoms with Crippen LogP contribution >= 0.6 is 0 Å². The van der Waals surface area contributed by atoms with Gasteiger partial charge in [0.2, 0.25) is 5.91 Å². The van der Waals surface area contributed by atoms with E-state index in [0.717, 1.165) is 17.7 Å². The highest BCUT2D eigenvalue weighted by Crippen LogP contribution is 2.31. The van der Waals surface area contributed by atoms with Crippen LogP contribution in [0, 0.1) is 5.92 Å². The Labute approximate surface area is 161 Å². The molecule has 1 aromatic carbocycles. The summed E-state index contributed by atoms with van der Waals surface area (Å²) in [5.74, 6) is 2.01. The predicted octanol–water partition coefficient (Wildman–Crippen LogP) is 4.97. The van der Waals surface area contributed by atoms with Gasteiger partial charge in [-0.25, -0.2) is 0 Å². The van der Waals surface area contributed by atoms with Crippen LogP contribution in [0.15, 0.2) is 42.7 Å². The first-order valence-corrected chi connectivity index (χ1v) is 9.74. The fourth-order valence-corrected chi connectivity index (χ4v) is 3.55. The number of pyridine rings is 1. The molecule has 1 amide bonds. The topological polar surface area (TPSA) is 60.5 Å². The van der Waals surface area contributed by atoms with Gasteiger partial charge in [-0.3, -0.25) is 9.78 Å². The van der Waals surface area contributed by atoms with Crippen molar-refractivity contribution in [2.24, 2.45) is 5.92 Å². The molecule has 1 aliphatic rings. The fraction of sp³-hybridized carbons (Fsp3) is 0.455. The quantitative estimate of drug-likeness (QED) is 0.715. The minimum atomic E-state index is 0.0592.